The van der Waals surface area contributed by atoms with Gasteiger partial charge in [-0.25, -0.2) is 4.39 Å². The van der Waals surface area contributed by atoms with Gasteiger partial charge >= 0.3 is 0 Å². The summed E-state index contributed by atoms with van der Waals surface area (Å²) in [6, 6.07) is 6.75. The van der Waals surface area contributed by atoms with Crippen molar-refractivity contribution in [2.24, 2.45) is 12.0 Å². The molecule has 1 aromatic carbocycles. The lowest BCUT2D eigenvalue weighted by Gasteiger charge is -2.11. The van der Waals surface area contributed by atoms with E-state index in [-0.39, 0.29) is 29.8 Å². The lowest BCUT2D eigenvalue weighted by molar-refractivity contribution is 0.629. The molecular weight excluding hydrogens is 434 g/mol. The van der Waals surface area contributed by atoms with Crippen molar-refractivity contribution >= 4 is 40.8 Å². The van der Waals surface area contributed by atoms with Crippen LogP contribution in [-0.2, 0) is 20.0 Å². The number of halogens is 2. The molecule has 25 heavy (non-hydrogen) atoms. The van der Waals surface area contributed by atoms with Crippen molar-refractivity contribution in [1.29, 1.82) is 0 Å². The van der Waals surface area contributed by atoms with Gasteiger partial charge in [0.25, 0.3) is 0 Å². The highest BCUT2D eigenvalue weighted by molar-refractivity contribution is 14.0. The van der Waals surface area contributed by atoms with Crippen molar-refractivity contribution in [3.05, 3.63) is 53.7 Å². The number of H-pyrrole nitrogens is 1. The first-order valence-electron chi connectivity index (χ1n) is 7.84. The van der Waals surface area contributed by atoms with Crippen LogP contribution in [0.2, 0.25) is 0 Å². The summed E-state index contributed by atoms with van der Waals surface area (Å²) < 4.78 is 15.2. The first-order valence-corrected chi connectivity index (χ1v) is 7.84. The topological polar surface area (TPSA) is 70.0 Å². The molecule has 0 aliphatic carbocycles. The first-order chi connectivity index (χ1) is 11.7. The molecule has 2 aromatic heterocycles. The van der Waals surface area contributed by atoms with Crippen molar-refractivity contribution in [2.45, 2.75) is 13.0 Å². The number of aromatic amines is 1. The third kappa shape index (κ3) is 4.71. The Bertz CT molecular complexity index is 854. The zero-order chi connectivity index (χ0) is 16.9. The molecule has 0 unspecified atom stereocenters. The number of rotatable bonds is 5. The van der Waals surface area contributed by atoms with Crippen LogP contribution in [0.25, 0.3) is 10.9 Å². The Morgan fingerprint density at radius 1 is 1.32 bits per heavy atom. The molecule has 0 bridgehead atoms. The summed E-state index contributed by atoms with van der Waals surface area (Å²) >= 11 is 0. The fourth-order valence-electron chi connectivity index (χ4n) is 2.64. The van der Waals surface area contributed by atoms with Gasteiger partial charge in [0, 0.05) is 43.9 Å². The highest BCUT2D eigenvalue weighted by Gasteiger charge is 2.06. The minimum Gasteiger partial charge on any atom is -0.361 e. The number of nitrogens with one attached hydrogen (secondary N) is 3. The Hall–Kier alpha value is -2.10. The van der Waals surface area contributed by atoms with Gasteiger partial charge in [-0.05, 0) is 36.2 Å². The lowest BCUT2D eigenvalue weighted by Crippen LogP contribution is -2.38. The Labute approximate surface area is 162 Å². The molecule has 3 N–H and O–H groups in total. The van der Waals surface area contributed by atoms with Crippen molar-refractivity contribution in [1.82, 2.24) is 25.4 Å². The zero-order valence-corrected chi connectivity index (χ0v) is 16.5. The number of fused-ring (bicyclic) bond motifs is 1. The minimum absolute atomic E-state index is 0. The van der Waals surface area contributed by atoms with E-state index in [9.17, 15) is 4.39 Å². The van der Waals surface area contributed by atoms with Crippen LogP contribution in [0.1, 0.15) is 11.3 Å². The molecule has 3 aromatic rings. The van der Waals surface area contributed by atoms with Gasteiger partial charge in [-0.2, -0.15) is 5.10 Å². The summed E-state index contributed by atoms with van der Waals surface area (Å²) in [6.07, 6.45) is 4.47. The quantitative estimate of drug-likeness (QED) is 0.314. The number of aryl methyl sites for hydroxylation is 1. The van der Waals surface area contributed by atoms with E-state index in [1.165, 1.54) is 6.07 Å². The number of hydrogen-bond donors (Lipinski definition) is 3. The molecule has 0 saturated carbocycles. The zero-order valence-electron chi connectivity index (χ0n) is 14.2. The van der Waals surface area contributed by atoms with Crippen LogP contribution in [0.5, 0.6) is 0 Å². The maximum Gasteiger partial charge on any atom is 0.191 e. The molecule has 134 valence electrons. The van der Waals surface area contributed by atoms with E-state index in [1.807, 2.05) is 24.0 Å². The number of benzene rings is 1. The van der Waals surface area contributed by atoms with Gasteiger partial charge in [-0.15, -0.1) is 24.0 Å². The van der Waals surface area contributed by atoms with Gasteiger partial charge in [-0.1, -0.05) is 0 Å². The van der Waals surface area contributed by atoms with Crippen LogP contribution in [-0.4, -0.2) is 34.3 Å². The molecule has 0 aliphatic heterocycles. The van der Waals surface area contributed by atoms with E-state index >= 15 is 0 Å². The van der Waals surface area contributed by atoms with Crippen molar-refractivity contribution in [3.63, 3.8) is 0 Å². The summed E-state index contributed by atoms with van der Waals surface area (Å²) in [6.45, 7) is 1.35. The van der Waals surface area contributed by atoms with Gasteiger partial charge in [-0.3, -0.25) is 9.67 Å². The number of aliphatic imine (C=N–C) groups is 1. The Balaban J connectivity index is 0.00000225. The summed E-state index contributed by atoms with van der Waals surface area (Å²) in [5.41, 5.74) is 3.11. The average molecular weight is 456 g/mol. The monoisotopic (exact) mass is 456 g/mol. The third-order valence-corrected chi connectivity index (χ3v) is 4.00. The molecule has 0 aliphatic rings. The molecule has 0 spiro atoms. The van der Waals surface area contributed by atoms with E-state index in [4.69, 9.17) is 0 Å². The molecule has 3 rings (SSSR count). The average Bonchev–Trinajstić information content (AvgIpc) is 3.17. The molecule has 6 nitrogen and oxygen atoms in total. The van der Waals surface area contributed by atoms with Gasteiger partial charge in [0.15, 0.2) is 5.96 Å². The molecule has 0 amide bonds. The predicted molar refractivity (Wildman–Crippen MR) is 109 cm³/mol. The van der Waals surface area contributed by atoms with E-state index in [0.717, 1.165) is 34.5 Å². The second kappa shape index (κ2) is 8.84. The fraction of sp³-hybridized carbons (Fsp3) is 0.294. The molecule has 0 atom stereocenters. The van der Waals surface area contributed by atoms with Crippen molar-refractivity contribution in [3.8, 4) is 0 Å². The smallest absolute Gasteiger partial charge is 0.191 e. The van der Waals surface area contributed by atoms with Gasteiger partial charge in [0.2, 0.25) is 0 Å². The van der Waals surface area contributed by atoms with Gasteiger partial charge in [0.05, 0.1) is 12.2 Å². The van der Waals surface area contributed by atoms with Crippen LogP contribution >= 0.6 is 24.0 Å². The fourth-order valence-corrected chi connectivity index (χ4v) is 2.64. The summed E-state index contributed by atoms with van der Waals surface area (Å²) in [5, 5.41) is 11.6. The van der Waals surface area contributed by atoms with Crippen LogP contribution < -0.4 is 10.6 Å². The van der Waals surface area contributed by atoms with Gasteiger partial charge in [0.1, 0.15) is 5.82 Å². The molecule has 8 heteroatoms. The maximum atomic E-state index is 13.4. The molecule has 0 radical (unpaired) electrons. The molecule has 0 fully saturated rings. The normalized spacial score (nSPS) is 11.4. The predicted octanol–water partition coefficient (Wildman–Crippen LogP) is 2.57. The van der Waals surface area contributed by atoms with E-state index in [1.54, 1.807) is 25.4 Å². The standard InChI is InChI=1S/C17H21FN6.HI/c1-19-17(22-11-14-6-8-23-24(14)2)20-7-5-12-10-21-16-4-3-13(18)9-15(12)16;/h3-4,6,8-10,21H,5,7,11H2,1-2H3,(H2,19,20,22);1H. The van der Waals surface area contributed by atoms with Gasteiger partial charge < -0.3 is 15.6 Å². The Morgan fingerprint density at radius 3 is 2.88 bits per heavy atom. The Morgan fingerprint density at radius 2 is 2.16 bits per heavy atom. The van der Waals surface area contributed by atoms with Crippen molar-refractivity contribution < 1.29 is 4.39 Å². The Kier molecular flexibility index (Phi) is 6.80. The summed E-state index contributed by atoms with van der Waals surface area (Å²) in [7, 11) is 3.64. The summed E-state index contributed by atoms with van der Waals surface area (Å²) in [4.78, 5) is 7.38. The number of aromatic nitrogens is 3. The first kappa shape index (κ1) is 19.2. The van der Waals surface area contributed by atoms with E-state index < -0.39 is 0 Å². The van der Waals surface area contributed by atoms with Crippen LogP contribution in [0, 0.1) is 5.82 Å². The number of nitrogens with zero attached hydrogens (tertiary/aromatic N) is 3. The number of hydrogen-bond acceptors (Lipinski definition) is 2. The SMILES string of the molecule is CN=C(NCCc1c[nH]c2ccc(F)cc12)NCc1ccnn1C.I. The second-order valence-corrected chi connectivity index (χ2v) is 5.55. The lowest BCUT2D eigenvalue weighted by atomic mass is 10.1. The third-order valence-electron chi connectivity index (χ3n) is 4.00. The van der Waals surface area contributed by atoms with E-state index in [2.05, 4.69) is 25.7 Å². The summed E-state index contributed by atoms with van der Waals surface area (Å²) in [5.74, 6) is 0.507. The highest BCUT2D eigenvalue weighted by atomic mass is 127. The maximum absolute atomic E-state index is 13.4. The van der Waals surface area contributed by atoms with Crippen LogP contribution in [0.4, 0.5) is 4.39 Å². The second-order valence-electron chi connectivity index (χ2n) is 5.55. The highest BCUT2D eigenvalue weighted by Crippen LogP contribution is 2.19. The molecule has 2 heterocycles. The largest absolute Gasteiger partial charge is 0.361 e. The number of guanidine groups is 1. The minimum atomic E-state index is -0.218. The van der Waals surface area contributed by atoms with Crippen molar-refractivity contribution in [2.75, 3.05) is 13.6 Å². The molecular formula is C17H22FIN6. The van der Waals surface area contributed by atoms with Crippen LogP contribution in [0.3, 0.4) is 0 Å². The van der Waals surface area contributed by atoms with Crippen LogP contribution in [0.15, 0.2) is 41.7 Å². The molecule has 0 saturated heterocycles. The van der Waals surface area contributed by atoms with E-state index in [0.29, 0.717) is 13.1 Å².